The molecular formula is C23H25N5O3S. The molecule has 0 saturated heterocycles. The predicted molar refractivity (Wildman–Crippen MR) is 123 cm³/mol. The highest BCUT2D eigenvalue weighted by molar-refractivity contribution is 7.13. The third kappa shape index (κ3) is 6.71. The summed E-state index contributed by atoms with van der Waals surface area (Å²) in [5.74, 6) is -0.720. The summed E-state index contributed by atoms with van der Waals surface area (Å²) >= 11 is 1.24. The fourth-order valence-electron chi connectivity index (χ4n) is 2.92. The lowest BCUT2D eigenvalue weighted by atomic mass is 10.1. The van der Waals surface area contributed by atoms with Crippen molar-refractivity contribution in [3.8, 4) is 0 Å². The third-order valence-corrected chi connectivity index (χ3v) is 5.38. The Morgan fingerprint density at radius 2 is 1.84 bits per heavy atom. The van der Waals surface area contributed by atoms with Crippen LogP contribution < -0.4 is 10.6 Å². The molecule has 0 fully saturated rings. The minimum Gasteiger partial charge on any atom is -0.352 e. The Kier molecular flexibility index (Phi) is 8.04. The van der Waals surface area contributed by atoms with Crippen LogP contribution in [0, 0.1) is 0 Å². The SMILES string of the molecule is CC(C)N(CC(=O)Nc1nc(CC(=O)NCc2cccnc2)cs1)C(=O)c1ccccc1. The zero-order valence-corrected chi connectivity index (χ0v) is 18.8. The second-order valence-electron chi connectivity index (χ2n) is 7.40. The first-order valence-electron chi connectivity index (χ1n) is 10.2. The lowest BCUT2D eigenvalue weighted by Gasteiger charge is -2.26. The van der Waals surface area contributed by atoms with Gasteiger partial charge in [-0.1, -0.05) is 24.3 Å². The molecule has 1 aromatic carbocycles. The number of pyridine rings is 1. The van der Waals surface area contributed by atoms with Crippen LogP contribution in [0.25, 0.3) is 0 Å². The van der Waals surface area contributed by atoms with E-state index in [1.807, 2.05) is 32.0 Å². The van der Waals surface area contributed by atoms with E-state index in [9.17, 15) is 14.4 Å². The molecule has 3 amide bonds. The summed E-state index contributed by atoms with van der Waals surface area (Å²) in [5, 5.41) is 7.66. The molecule has 166 valence electrons. The van der Waals surface area contributed by atoms with E-state index in [-0.39, 0.29) is 36.7 Å². The van der Waals surface area contributed by atoms with Gasteiger partial charge in [0.1, 0.15) is 6.54 Å². The van der Waals surface area contributed by atoms with Crippen molar-refractivity contribution in [1.29, 1.82) is 0 Å². The number of benzene rings is 1. The molecule has 2 aromatic heterocycles. The summed E-state index contributed by atoms with van der Waals surface area (Å²) in [7, 11) is 0. The van der Waals surface area contributed by atoms with Crippen molar-refractivity contribution >= 4 is 34.2 Å². The molecule has 0 atom stereocenters. The fourth-order valence-corrected chi connectivity index (χ4v) is 3.65. The normalized spacial score (nSPS) is 10.6. The van der Waals surface area contributed by atoms with Crippen LogP contribution in [0.5, 0.6) is 0 Å². The predicted octanol–water partition coefficient (Wildman–Crippen LogP) is 2.89. The second kappa shape index (κ2) is 11.1. The number of hydrogen-bond donors (Lipinski definition) is 2. The number of carbonyl (C=O) groups is 3. The van der Waals surface area contributed by atoms with Crippen LogP contribution in [0.1, 0.15) is 35.5 Å². The number of amides is 3. The maximum Gasteiger partial charge on any atom is 0.254 e. The van der Waals surface area contributed by atoms with Crippen LogP contribution in [-0.4, -0.2) is 45.2 Å². The quantitative estimate of drug-likeness (QED) is 0.521. The number of carbonyl (C=O) groups excluding carboxylic acids is 3. The maximum atomic E-state index is 12.7. The van der Waals surface area contributed by atoms with Gasteiger partial charge in [0.25, 0.3) is 5.91 Å². The summed E-state index contributed by atoms with van der Waals surface area (Å²) in [4.78, 5) is 47.3. The van der Waals surface area contributed by atoms with Crippen LogP contribution in [-0.2, 0) is 22.6 Å². The molecular weight excluding hydrogens is 426 g/mol. The van der Waals surface area contributed by atoms with Gasteiger partial charge >= 0.3 is 0 Å². The van der Waals surface area contributed by atoms with Crippen molar-refractivity contribution in [3.05, 3.63) is 77.1 Å². The molecule has 8 nitrogen and oxygen atoms in total. The highest BCUT2D eigenvalue weighted by Crippen LogP contribution is 2.16. The van der Waals surface area contributed by atoms with Gasteiger partial charge < -0.3 is 15.5 Å². The lowest BCUT2D eigenvalue weighted by molar-refractivity contribution is -0.120. The second-order valence-corrected chi connectivity index (χ2v) is 8.26. The van der Waals surface area contributed by atoms with Crippen molar-refractivity contribution < 1.29 is 14.4 Å². The van der Waals surface area contributed by atoms with Crippen molar-refractivity contribution in [2.24, 2.45) is 0 Å². The van der Waals surface area contributed by atoms with Gasteiger partial charge in [-0.05, 0) is 37.6 Å². The average molecular weight is 452 g/mol. The molecule has 0 aliphatic heterocycles. The summed E-state index contributed by atoms with van der Waals surface area (Å²) < 4.78 is 0. The highest BCUT2D eigenvalue weighted by Gasteiger charge is 2.22. The van der Waals surface area contributed by atoms with Gasteiger partial charge in [-0.25, -0.2) is 4.98 Å². The Morgan fingerprint density at radius 3 is 2.53 bits per heavy atom. The van der Waals surface area contributed by atoms with Gasteiger partial charge in [-0.15, -0.1) is 11.3 Å². The number of nitrogens with one attached hydrogen (secondary N) is 2. The molecule has 3 rings (SSSR count). The Morgan fingerprint density at radius 1 is 1.06 bits per heavy atom. The topological polar surface area (TPSA) is 104 Å². The van der Waals surface area contributed by atoms with Gasteiger partial charge in [0.15, 0.2) is 5.13 Å². The van der Waals surface area contributed by atoms with E-state index in [2.05, 4.69) is 20.6 Å². The largest absolute Gasteiger partial charge is 0.352 e. The van der Waals surface area contributed by atoms with Gasteiger partial charge in [0.05, 0.1) is 12.1 Å². The minimum atomic E-state index is -0.343. The van der Waals surface area contributed by atoms with Gasteiger partial charge in [0, 0.05) is 35.9 Å². The van der Waals surface area contributed by atoms with Crippen LogP contribution in [0.2, 0.25) is 0 Å². The Labute approximate surface area is 190 Å². The molecule has 32 heavy (non-hydrogen) atoms. The van der Waals surface area contributed by atoms with E-state index in [1.165, 1.54) is 16.2 Å². The van der Waals surface area contributed by atoms with Crippen LogP contribution in [0.4, 0.5) is 5.13 Å². The zero-order valence-electron chi connectivity index (χ0n) is 17.9. The van der Waals surface area contributed by atoms with Crippen LogP contribution in [0.15, 0.2) is 60.2 Å². The molecule has 0 bridgehead atoms. The summed E-state index contributed by atoms with van der Waals surface area (Å²) in [6.07, 6.45) is 3.48. The number of nitrogens with zero attached hydrogens (tertiary/aromatic N) is 3. The molecule has 2 heterocycles. The van der Waals surface area contributed by atoms with Crippen molar-refractivity contribution in [2.75, 3.05) is 11.9 Å². The van der Waals surface area contributed by atoms with E-state index in [0.717, 1.165) is 5.56 Å². The van der Waals surface area contributed by atoms with Crippen molar-refractivity contribution in [1.82, 2.24) is 20.2 Å². The third-order valence-electron chi connectivity index (χ3n) is 4.57. The standard InChI is InChI=1S/C23H25N5O3S/c1-16(2)28(22(31)18-8-4-3-5-9-18)14-21(30)27-23-26-19(15-32-23)11-20(29)25-13-17-7-6-10-24-12-17/h3-10,12,15-16H,11,13-14H2,1-2H3,(H,25,29)(H,26,27,30). The Balaban J connectivity index is 1.52. The molecule has 3 aromatic rings. The summed E-state index contributed by atoms with van der Waals surface area (Å²) in [6, 6.07) is 12.4. The monoisotopic (exact) mass is 451 g/mol. The van der Waals surface area contributed by atoms with E-state index >= 15 is 0 Å². The molecule has 0 aliphatic carbocycles. The number of hydrogen-bond acceptors (Lipinski definition) is 6. The first kappa shape index (κ1) is 23.1. The highest BCUT2D eigenvalue weighted by atomic mass is 32.1. The number of rotatable bonds is 9. The van der Waals surface area contributed by atoms with Gasteiger partial charge in [0.2, 0.25) is 11.8 Å². The van der Waals surface area contributed by atoms with E-state index < -0.39 is 0 Å². The smallest absolute Gasteiger partial charge is 0.254 e. The molecule has 0 spiro atoms. The fraction of sp³-hybridized carbons (Fsp3) is 0.261. The molecule has 0 saturated carbocycles. The number of anilines is 1. The first-order chi connectivity index (χ1) is 15.4. The average Bonchev–Trinajstić information content (AvgIpc) is 3.23. The maximum absolute atomic E-state index is 12.7. The minimum absolute atomic E-state index is 0.0914. The van der Waals surface area contributed by atoms with Crippen molar-refractivity contribution in [3.63, 3.8) is 0 Å². The first-order valence-corrected chi connectivity index (χ1v) is 11.1. The molecule has 9 heteroatoms. The summed E-state index contributed by atoms with van der Waals surface area (Å²) in [6.45, 7) is 4.02. The zero-order chi connectivity index (χ0) is 22.9. The number of thiazole rings is 1. The van der Waals surface area contributed by atoms with Gasteiger partial charge in [-0.2, -0.15) is 0 Å². The number of aromatic nitrogens is 2. The van der Waals surface area contributed by atoms with Gasteiger partial charge in [-0.3, -0.25) is 19.4 Å². The molecule has 0 aliphatic rings. The molecule has 2 N–H and O–H groups in total. The van der Waals surface area contributed by atoms with Crippen molar-refractivity contribution in [2.45, 2.75) is 32.9 Å². The van der Waals surface area contributed by atoms with E-state index in [1.54, 1.807) is 42.0 Å². The van der Waals surface area contributed by atoms with E-state index in [0.29, 0.717) is 22.9 Å². The van der Waals surface area contributed by atoms with Crippen LogP contribution in [0.3, 0.4) is 0 Å². The lowest BCUT2D eigenvalue weighted by Crippen LogP contribution is -2.42. The van der Waals surface area contributed by atoms with Crippen LogP contribution >= 0.6 is 11.3 Å². The Bertz CT molecular complexity index is 1050. The molecule has 0 radical (unpaired) electrons. The summed E-state index contributed by atoms with van der Waals surface area (Å²) in [5.41, 5.74) is 2.00. The Hall–Kier alpha value is -3.59. The van der Waals surface area contributed by atoms with E-state index in [4.69, 9.17) is 0 Å². The molecule has 0 unspecified atom stereocenters.